The molecule has 0 aromatic heterocycles. The van der Waals surface area contributed by atoms with Crippen molar-refractivity contribution < 1.29 is 4.79 Å². The average molecular weight is 265 g/mol. The zero-order chi connectivity index (χ0) is 13.9. The van der Waals surface area contributed by atoms with Gasteiger partial charge in [0, 0.05) is 5.56 Å². The number of benzene rings is 2. The van der Waals surface area contributed by atoms with Crippen LogP contribution in [0.3, 0.4) is 0 Å². The molecule has 3 rings (SSSR count). The molecule has 2 aromatic carbocycles. The maximum atomic E-state index is 12.5. The van der Waals surface area contributed by atoms with Crippen LogP contribution in [0.5, 0.6) is 0 Å². The highest BCUT2D eigenvalue weighted by Crippen LogP contribution is 2.41. The lowest BCUT2D eigenvalue weighted by Gasteiger charge is -2.16. The van der Waals surface area contributed by atoms with Gasteiger partial charge in [-0.3, -0.25) is 4.79 Å². The predicted octanol–water partition coefficient (Wildman–Crippen LogP) is 4.06. The van der Waals surface area contributed by atoms with Gasteiger partial charge >= 0.3 is 0 Å². The Labute approximate surface area is 119 Å². The molecule has 2 heteroatoms. The molecule has 2 nitrogen and oxygen atoms in total. The lowest BCUT2D eigenvalue weighted by Crippen LogP contribution is -2.27. The number of rotatable bonds is 4. The number of amides is 1. The second-order valence-corrected chi connectivity index (χ2v) is 5.47. The third-order valence-corrected chi connectivity index (χ3v) is 3.87. The summed E-state index contributed by atoms with van der Waals surface area (Å²) in [7, 11) is 0. The van der Waals surface area contributed by atoms with Gasteiger partial charge in [-0.2, -0.15) is 0 Å². The summed E-state index contributed by atoms with van der Waals surface area (Å²) in [6.45, 7) is 2.02. The minimum atomic E-state index is 0.0240. The highest BCUT2D eigenvalue weighted by atomic mass is 16.1. The summed E-state index contributed by atoms with van der Waals surface area (Å²) in [5, 5.41) is 3.10. The van der Waals surface area contributed by atoms with Crippen molar-refractivity contribution in [3.8, 4) is 0 Å². The van der Waals surface area contributed by atoms with Crippen LogP contribution in [0.2, 0.25) is 0 Å². The van der Waals surface area contributed by atoms with E-state index in [1.165, 1.54) is 18.4 Å². The number of nitrogens with one attached hydrogen (secondary N) is 1. The number of hydrogen-bond donors (Lipinski definition) is 1. The van der Waals surface area contributed by atoms with Crippen LogP contribution in [0.1, 0.15) is 53.2 Å². The summed E-state index contributed by atoms with van der Waals surface area (Å²) >= 11 is 0. The molecule has 0 aliphatic heterocycles. The predicted molar refractivity (Wildman–Crippen MR) is 80.7 cm³/mol. The highest BCUT2D eigenvalue weighted by molar-refractivity contribution is 5.96. The first-order chi connectivity index (χ1) is 9.75. The van der Waals surface area contributed by atoms with E-state index < -0.39 is 0 Å². The second kappa shape index (κ2) is 5.49. The van der Waals surface area contributed by atoms with Gasteiger partial charge in [0.1, 0.15) is 0 Å². The van der Waals surface area contributed by atoms with Gasteiger partial charge in [-0.05, 0) is 42.9 Å². The molecular weight excluding hydrogens is 246 g/mol. The number of hydrogen-bond acceptors (Lipinski definition) is 1. The fraction of sp³-hybridized carbons (Fsp3) is 0.278. The van der Waals surface area contributed by atoms with Crippen molar-refractivity contribution >= 4 is 5.91 Å². The third-order valence-electron chi connectivity index (χ3n) is 3.87. The Bertz CT molecular complexity index is 602. The first-order valence-corrected chi connectivity index (χ1v) is 7.20. The van der Waals surface area contributed by atoms with Gasteiger partial charge in [0.25, 0.3) is 5.91 Å². The molecule has 1 saturated carbocycles. The Balaban J connectivity index is 1.77. The third kappa shape index (κ3) is 2.74. The van der Waals surface area contributed by atoms with Crippen LogP contribution in [-0.2, 0) is 0 Å². The molecule has 0 radical (unpaired) electrons. The largest absolute Gasteiger partial charge is 0.346 e. The molecule has 1 atom stereocenters. The summed E-state index contributed by atoms with van der Waals surface area (Å²) in [5.74, 6) is 0.618. The number of carbonyl (C=O) groups is 1. The molecule has 0 bridgehead atoms. The molecule has 1 N–H and O–H groups in total. The van der Waals surface area contributed by atoms with Crippen LogP contribution in [-0.4, -0.2) is 5.91 Å². The summed E-state index contributed by atoms with van der Waals surface area (Å²) in [4.78, 5) is 12.5. The summed E-state index contributed by atoms with van der Waals surface area (Å²) in [5.41, 5.74) is 3.16. The van der Waals surface area contributed by atoms with E-state index in [4.69, 9.17) is 0 Å². The van der Waals surface area contributed by atoms with Crippen molar-refractivity contribution in [3.63, 3.8) is 0 Å². The quantitative estimate of drug-likeness (QED) is 0.887. The van der Waals surface area contributed by atoms with E-state index in [-0.39, 0.29) is 11.9 Å². The van der Waals surface area contributed by atoms with Crippen molar-refractivity contribution in [2.75, 3.05) is 0 Å². The van der Waals surface area contributed by atoms with Crippen molar-refractivity contribution in [3.05, 3.63) is 71.3 Å². The molecule has 1 aliphatic carbocycles. The van der Waals surface area contributed by atoms with Gasteiger partial charge in [0.15, 0.2) is 0 Å². The molecule has 102 valence electrons. The van der Waals surface area contributed by atoms with Gasteiger partial charge in [-0.25, -0.2) is 0 Å². The van der Waals surface area contributed by atoms with E-state index in [1.807, 2.05) is 55.5 Å². The van der Waals surface area contributed by atoms with Gasteiger partial charge < -0.3 is 5.32 Å². The molecular formula is C18H19NO. The van der Waals surface area contributed by atoms with Crippen LogP contribution >= 0.6 is 0 Å². The molecule has 20 heavy (non-hydrogen) atoms. The van der Waals surface area contributed by atoms with Crippen molar-refractivity contribution in [1.82, 2.24) is 5.32 Å². The van der Waals surface area contributed by atoms with Crippen LogP contribution < -0.4 is 5.32 Å². The Hall–Kier alpha value is -2.09. The summed E-state index contributed by atoms with van der Waals surface area (Å²) in [6.07, 6.45) is 2.41. The minimum absolute atomic E-state index is 0.0240. The van der Waals surface area contributed by atoms with Crippen molar-refractivity contribution in [2.24, 2.45) is 0 Å². The normalized spacial score (nSPS) is 15.7. The van der Waals surface area contributed by atoms with E-state index in [2.05, 4.69) is 11.4 Å². The zero-order valence-corrected chi connectivity index (χ0v) is 11.7. The first kappa shape index (κ1) is 12.9. The summed E-state index contributed by atoms with van der Waals surface area (Å²) < 4.78 is 0. The molecule has 1 fully saturated rings. The van der Waals surface area contributed by atoms with E-state index in [9.17, 15) is 4.79 Å². The van der Waals surface area contributed by atoms with Gasteiger partial charge in [-0.1, -0.05) is 48.5 Å². The summed E-state index contributed by atoms with van der Waals surface area (Å²) in [6, 6.07) is 18.1. The monoisotopic (exact) mass is 265 g/mol. The van der Waals surface area contributed by atoms with Crippen LogP contribution in [0, 0.1) is 0 Å². The minimum Gasteiger partial charge on any atom is -0.346 e. The number of carbonyl (C=O) groups excluding carboxylic acids is 1. The Morgan fingerprint density at radius 3 is 2.40 bits per heavy atom. The molecule has 0 saturated heterocycles. The maximum Gasteiger partial charge on any atom is 0.252 e. The van der Waals surface area contributed by atoms with E-state index in [1.54, 1.807) is 0 Å². The van der Waals surface area contributed by atoms with Crippen LogP contribution in [0.4, 0.5) is 0 Å². The van der Waals surface area contributed by atoms with Crippen molar-refractivity contribution in [2.45, 2.75) is 31.7 Å². The van der Waals surface area contributed by atoms with E-state index >= 15 is 0 Å². The smallest absolute Gasteiger partial charge is 0.252 e. The molecule has 1 amide bonds. The fourth-order valence-electron chi connectivity index (χ4n) is 2.55. The standard InChI is InChI=1S/C18H19NO/c1-13(14-7-3-2-4-8-14)19-18(20)17-10-6-5-9-16(17)15-11-12-15/h2-10,13,15H,11-12H2,1H3,(H,19,20)/t13-/m1/s1. The van der Waals surface area contributed by atoms with Crippen molar-refractivity contribution in [1.29, 1.82) is 0 Å². The van der Waals surface area contributed by atoms with Crippen LogP contribution in [0.15, 0.2) is 54.6 Å². The highest BCUT2D eigenvalue weighted by Gasteiger charge is 2.27. The lowest BCUT2D eigenvalue weighted by atomic mass is 10.0. The van der Waals surface area contributed by atoms with Crippen LogP contribution in [0.25, 0.3) is 0 Å². The lowest BCUT2D eigenvalue weighted by molar-refractivity contribution is 0.0939. The zero-order valence-electron chi connectivity index (χ0n) is 11.7. The molecule has 0 spiro atoms. The van der Waals surface area contributed by atoms with Gasteiger partial charge in [-0.15, -0.1) is 0 Å². The molecule has 0 unspecified atom stereocenters. The fourth-order valence-corrected chi connectivity index (χ4v) is 2.55. The Morgan fingerprint density at radius 1 is 1.05 bits per heavy atom. The second-order valence-electron chi connectivity index (χ2n) is 5.47. The van der Waals surface area contributed by atoms with E-state index in [0.29, 0.717) is 5.92 Å². The van der Waals surface area contributed by atoms with Gasteiger partial charge in [0.05, 0.1) is 6.04 Å². The van der Waals surface area contributed by atoms with E-state index in [0.717, 1.165) is 11.1 Å². The SMILES string of the molecule is C[C@@H](NC(=O)c1ccccc1C1CC1)c1ccccc1. The Kier molecular flexibility index (Phi) is 3.55. The molecule has 1 aliphatic rings. The van der Waals surface area contributed by atoms with Gasteiger partial charge in [0.2, 0.25) is 0 Å². The average Bonchev–Trinajstić information content (AvgIpc) is 3.32. The first-order valence-electron chi connectivity index (χ1n) is 7.20. The molecule has 0 heterocycles. The topological polar surface area (TPSA) is 29.1 Å². The Morgan fingerprint density at radius 2 is 1.70 bits per heavy atom. The maximum absolute atomic E-state index is 12.5. The molecule has 2 aromatic rings.